The fourth-order valence-corrected chi connectivity index (χ4v) is 4.11. The first-order chi connectivity index (χ1) is 13.1. The summed E-state index contributed by atoms with van der Waals surface area (Å²) in [6.45, 7) is 13.8. The molecule has 28 heavy (non-hydrogen) atoms. The van der Waals surface area contributed by atoms with Crippen LogP contribution in [0.2, 0.25) is 0 Å². The van der Waals surface area contributed by atoms with Crippen LogP contribution in [-0.2, 0) is 5.41 Å². The summed E-state index contributed by atoms with van der Waals surface area (Å²) in [6, 6.07) is 17.6. The standard InChI is InChI=1S/C26H32N2/c1-25(2,3)18-12-14-23-21(16-18)27-22-17-19(26(4,5)6)13-15-24(22)28(23)20-10-8-7-9-11-20/h7-12,14,16-17,27H,13,15H2,1-6H3. The molecule has 0 aromatic heterocycles. The smallest absolute Gasteiger partial charge is 0.0694 e. The molecule has 2 aromatic rings. The van der Waals surface area contributed by atoms with Crippen LogP contribution in [0.1, 0.15) is 59.9 Å². The van der Waals surface area contributed by atoms with Crippen LogP contribution in [-0.4, -0.2) is 0 Å². The van der Waals surface area contributed by atoms with Crippen LogP contribution in [0.4, 0.5) is 17.1 Å². The highest BCUT2D eigenvalue weighted by molar-refractivity contribution is 5.85. The lowest BCUT2D eigenvalue weighted by molar-refractivity contribution is 0.477. The van der Waals surface area contributed by atoms with Crippen molar-refractivity contribution in [2.75, 3.05) is 10.2 Å². The van der Waals surface area contributed by atoms with E-state index in [1.54, 1.807) is 0 Å². The number of rotatable bonds is 1. The van der Waals surface area contributed by atoms with Crippen molar-refractivity contribution in [2.24, 2.45) is 5.41 Å². The highest BCUT2D eigenvalue weighted by Crippen LogP contribution is 2.47. The number of anilines is 3. The molecule has 0 bridgehead atoms. The van der Waals surface area contributed by atoms with Crippen molar-refractivity contribution in [3.8, 4) is 0 Å². The highest BCUT2D eigenvalue weighted by atomic mass is 15.2. The second-order valence-corrected chi connectivity index (χ2v) is 10.1. The Hall–Kier alpha value is -2.48. The number of allylic oxidation sites excluding steroid dienone is 3. The molecule has 1 N–H and O–H groups in total. The zero-order valence-electron chi connectivity index (χ0n) is 18.1. The Morgan fingerprint density at radius 3 is 2.18 bits per heavy atom. The van der Waals surface area contributed by atoms with Crippen LogP contribution in [0.25, 0.3) is 0 Å². The predicted molar refractivity (Wildman–Crippen MR) is 121 cm³/mol. The molecule has 2 aliphatic rings. The molecule has 0 radical (unpaired) electrons. The molecule has 0 unspecified atom stereocenters. The third kappa shape index (κ3) is 3.37. The maximum Gasteiger partial charge on any atom is 0.0694 e. The van der Waals surface area contributed by atoms with Gasteiger partial charge in [0, 0.05) is 11.4 Å². The summed E-state index contributed by atoms with van der Waals surface area (Å²) >= 11 is 0. The Morgan fingerprint density at radius 1 is 0.821 bits per heavy atom. The summed E-state index contributed by atoms with van der Waals surface area (Å²) < 4.78 is 0. The molecule has 2 nitrogen and oxygen atoms in total. The van der Waals surface area contributed by atoms with Crippen molar-refractivity contribution < 1.29 is 0 Å². The van der Waals surface area contributed by atoms with Gasteiger partial charge in [0.2, 0.25) is 0 Å². The lowest BCUT2D eigenvalue weighted by Gasteiger charge is -2.39. The van der Waals surface area contributed by atoms with Gasteiger partial charge in [-0.05, 0) is 59.6 Å². The van der Waals surface area contributed by atoms with Gasteiger partial charge >= 0.3 is 0 Å². The summed E-state index contributed by atoms with van der Waals surface area (Å²) in [5.41, 5.74) is 9.48. The van der Waals surface area contributed by atoms with Crippen LogP contribution in [0, 0.1) is 5.41 Å². The number of fused-ring (bicyclic) bond motifs is 1. The van der Waals surface area contributed by atoms with Gasteiger partial charge in [-0.1, -0.05) is 71.4 Å². The van der Waals surface area contributed by atoms with Gasteiger partial charge in [-0.2, -0.15) is 0 Å². The van der Waals surface area contributed by atoms with Crippen LogP contribution in [0.15, 0.2) is 71.6 Å². The lowest BCUT2D eigenvalue weighted by atomic mass is 9.80. The number of benzene rings is 2. The summed E-state index contributed by atoms with van der Waals surface area (Å²) in [5.74, 6) is 0. The lowest BCUT2D eigenvalue weighted by Crippen LogP contribution is -2.29. The molecule has 1 aliphatic heterocycles. The van der Waals surface area contributed by atoms with Gasteiger partial charge in [-0.15, -0.1) is 0 Å². The van der Waals surface area contributed by atoms with E-state index in [1.165, 1.54) is 39.6 Å². The topological polar surface area (TPSA) is 15.3 Å². The minimum Gasteiger partial charge on any atom is -0.352 e. The van der Waals surface area contributed by atoms with Crippen LogP contribution in [0.3, 0.4) is 0 Å². The van der Waals surface area contributed by atoms with E-state index in [9.17, 15) is 0 Å². The van der Waals surface area contributed by atoms with E-state index in [-0.39, 0.29) is 10.8 Å². The Balaban J connectivity index is 1.88. The van der Waals surface area contributed by atoms with Crippen LogP contribution < -0.4 is 10.2 Å². The molecule has 0 amide bonds. The molecule has 0 saturated heterocycles. The SMILES string of the molecule is CC(C)(C)C1=CC2=C(CC1)N(c1ccccc1)c1ccc(C(C)(C)C)cc1N2. The van der Waals surface area contributed by atoms with Gasteiger partial charge in [-0.25, -0.2) is 0 Å². The summed E-state index contributed by atoms with van der Waals surface area (Å²) in [4.78, 5) is 2.45. The van der Waals surface area contributed by atoms with Gasteiger partial charge < -0.3 is 10.2 Å². The predicted octanol–water partition coefficient (Wildman–Crippen LogP) is 7.53. The number of hydrogen-bond acceptors (Lipinski definition) is 2. The van der Waals surface area contributed by atoms with E-state index in [0.29, 0.717) is 0 Å². The van der Waals surface area contributed by atoms with E-state index >= 15 is 0 Å². The van der Waals surface area contributed by atoms with Gasteiger partial charge in [-0.3, -0.25) is 0 Å². The summed E-state index contributed by atoms with van der Waals surface area (Å²) in [5, 5.41) is 3.77. The van der Waals surface area contributed by atoms with E-state index in [4.69, 9.17) is 0 Å². The molecule has 2 heteroatoms. The van der Waals surface area contributed by atoms with Crippen molar-refractivity contribution in [1.29, 1.82) is 0 Å². The van der Waals surface area contributed by atoms with Crippen molar-refractivity contribution >= 4 is 17.1 Å². The second-order valence-electron chi connectivity index (χ2n) is 10.1. The number of nitrogens with zero attached hydrogens (tertiary/aromatic N) is 1. The third-order valence-corrected chi connectivity index (χ3v) is 5.88. The normalized spacial score (nSPS) is 16.9. The molecule has 146 valence electrons. The van der Waals surface area contributed by atoms with Crippen molar-refractivity contribution in [2.45, 2.75) is 59.8 Å². The summed E-state index contributed by atoms with van der Waals surface area (Å²) in [6.07, 6.45) is 4.56. The van der Waals surface area contributed by atoms with E-state index in [0.717, 1.165) is 12.8 Å². The van der Waals surface area contributed by atoms with Gasteiger partial charge in [0.15, 0.2) is 0 Å². The number of nitrogens with one attached hydrogen (secondary N) is 1. The van der Waals surface area contributed by atoms with Crippen molar-refractivity contribution in [3.63, 3.8) is 0 Å². The first kappa shape index (κ1) is 18.9. The molecule has 1 aliphatic carbocycles. The van der Waals surface area contributed by atoms with Gasteiger partial charge in [0.05, 0.1) is 17.1 Å². The van der Waals surface area contributed by atoms with Crippen molar-refractivity contribution in [3.05, 3.63) is 77.1 Å². The maximum absolute atomic E-state index is 3.77. The number of para-hydroxylation sites is 1. The quantitative estimate of drug-likeness (QED) is 0.556. The first-order valence-corrected chi connectivity index (χ1v) is 10.4. The maximum atomic E-state index is 3.77. The van der Waals surface area contributed by atoms with E-state index < -0.39 is 0 Å². The molecule has 0 atom stereocenters. The zero-order valence-corrected chi connectivity index (χ0v) is 18.1. The summed E-state index contributed by atoms with van der Waals surface area (Å²) in [7, 11) is 0. The van der Waals surface area contributed by atoms with Crippen LogP contribution >= 0.6 is 0 Å². The van der Waals surface area contributed by atoms with E-state index in [1.807, 2.05) is 0 Å². The Kier molecular flexibility index (Phi) is 4.41. The largest absolute Gasteiger partial charge is 0.352 e. The molecule has 4 rings (SSSR count). The fourth-order valence-electron chi connectivity index (χ4n) is 4.11. The van der Waals surface area contributed by atoms with Crippen LogP contribution in [0.5, 0.6) is 0 Å². The minimum absolute atomic E-state index is 0.127. The van der Waals surface area contributed by atoms with Crippen molar-refractivity contribution in [1.82, 2.24) is 0 Å². The molecular weight excluding hydrogens is 340 g/mol. The van der Waals surface area contributed by atoms with Gasteiger partial charge in [0.25, 0.3) is 0 Å². The monoisotopic (exact) mass is 372 g/mol. The average Bonchev–Trinajstić information content (AvgIpc) is 2.64. The molecule has 1 heterocycles. The minimum atomic E-state index is 0.127. The Bertz CT molecular complexity index is 950. The second kappa shape index (κ2) is 6.55. The number of hydrogen-bond donors (Lipinski definition) is 1. The Morgan fingerprint density at radius 2 is 1.54 bits per heavy atom. The third-order valence-electron chi connectivity index (χ3n) is 5.88. The molecule has 2 aromatic carbocycles. The highest BCUT2D eigenvalue weighted by Gasteiger charge is 2.31. The molecule has 0 spiro atoms. The zero-order chi connectivity index (χ0) is 20.1. The van der Waals surface area contributed by atoms with E-state index in [2.05, 4.69) is 106 Å². The molecule has 0 saturated carbocycles. The average molecular weight is 373 g/mol. The molecular formula is C26H32N2. The fraction of sp³-hybridized carbons (Fsp3) is 0.385. The van der Waals surface area contributed by atoms with Gasteiger partial charge in [0.1, 0.15) is 0 Å². The first-order valence-electron chi connectivity index (χ1n) is 10.4. The molecule has 0 fully saturated rings. The Labute approximate surface area is 170 Å².